The monoisotopic (exact) mass is 210 g/mol. The molecule has 0 spiro atoms. The van der Waals surface area contributed by atoms with Crippen molar-refractivity contribution in [3.63, 3.8) is 0 Å². The Balaban J connectivity index is 2.30. The number of benzene rings is 1. The maximum absolute atomic E-state index is 12.3. The first kappa shape index (κ1) is 10.1. The molecule has 0 unspecified atom stereocenters. The molecule has 0 amide bonds. The highest BCUT2D eigenvalue weighted by atomic mass is 19.4. The van der Waals surface area contributed by atoms with E-state index < -0.39 is 11.7 Å². The second-order valence-corrected chi connectivity index (χ2v) is 3.80. The zero-order chi connectivity index (χ0) is 11.1. The molecular weight excluding hydrogens is 201 g/mol. The van der Waals surface area contributed by atoms with Crippen LogP contribution in [-0.2, 0) is 11.6 Å². The average molecular weight is 210 g/mol. The van der Waals surface area contributed by atoms with Crippen LogP contribution in [-0.4, -0.2) is 0 Å². The van der Waals surface area contributed by atoms with E-state index in [0.29, 0.717) is 0 Å². The molecule has 3 heteroatoms. The van der Waals surface area contributed by atoms with Crippen LogP contribution < -0.4 is 0 Å². The number of hydrogen-bond donors (Lipinski definition) is 0. The molecule has 78 valence electrons. The van der Waals surface area contributed by atoms with Crippen molar-refractivity contribution in [3.05, 3.63) is 35.4 Å². The van der Waals surface area contributed by atoms with Crippen molar-refractivity contribution >= 4 is 0 Å². The molecule has 1 aliphatic carbocycles. The van der Waals surface area contributed by atoms with E-state index in [1.165, 1.54) is 12.1 Å². The van der Waals surface area contributed by atoms with Crippen molar-refractivity contribution in [1.29, 1.82) is 0 Å². The molecule has 0 aromatic heterocycles. The Kier molecular flexibility index (Phi) is 2.04. The van der Waals surface area contributed by atoms with Crippen LogP contribution in [0.15, 0.2) is 24.3 Å². The minimum Gasteiger partial charge on any atom is -0.166 e. The van der Waals surface area contributed by atoms with Crippen LogP contribution in [0.3, 0.4) is 0 Å². The Morgan fingerprint density at radius 2 is 1.67 bits per heavy atom. The molecule has 1 aromatic carbocycles. The van der Waals surface area contributed by atoms with Gasteiger partial charge >= 0.3 is 6.18 Å². The van der Waals surface area contributed by atoms with Crippen LogP contribution in [0, 0.1) is 12.3 Å². The van der Waals surface area contributed by atoms with Gasteiger partial charge in [-0.3, -0.25) is 0 Å². The second kappa shape index (κ2) is 3.03. The van der Waals surface area contributed by atoms with E-state index in [2.05, 4.69) is 5.92 Å². The maximum atomic E-state index is 12.3. The molecule has 1 saturated carbocycles. The van der Waals surface area contributed by atoms with Gasteiger partial charge in [0.05, 0.1) is 11.0 Å². The summed E-state index contributed by atoms with van der Waals surface area (Å²) in [7, 11) is 0. The summed E-state index contributed by atoms with van der Waals surface area (Å²) in [5.74, 6) is 2.65. The quantitative estimate of drug-likeness (QED) is 0.623. The first-order valence-corrected chi connectivity index (χ1v) is 4.63. The minimum absolute atomic E-state index is 0.288. The van der Waals surface area contributed by atoms with Crippen LogP contribution in [0.4, 0.5) is 13.2 Å². The fourth-order valence-corrected chi connectivity index (χ4v) is 1.62. The lowest BCUT2D eigenvalue weighted by molar-refractivity contribution is -0.137. The van der Waals surface area contributed by atoms with Crippen LogP contribution in [0.1, 0.15) is 24.0 Å². The van der Waals surface area contributed by atoms with Gasteiger partial charge in [0, 0.05) is 0 Å². The average Bonchev–Trinajstić information content (AvgIpc) is 2.97. The summed E-state index contributed by atoms with van der Waals surface area (Å²) in [4.78, 5) is 0. The molecule has 2 rings (SSSR count). The number of halogens is 3. The predicted octanol–water partition coefficient (Wildman–Crippen LogP) is 3.37. The molecule has 1 aromatic rings. The van der Waals surface area contributed by atoms with Crippen molar-refractivity contribution < 1.29 is 13.2 Å². The molecule has 0 heterocycles. The Bertz CT molecular complexity index is 402. The van der Waals surface area contributed by atoms with E-state index in [-0.39, 0.29) is 5.41 Å². The van der Waals surface area contributed by atoms with Crippen molar-refractivity contribution in [2.24, 2.45) is 0 Å². The number of hydrogen-bond acceptors (Lipinski definition) is 0. The van der Waals surface area contributed by atoms with Gasteiger partial charge in [0.15, 0.2) is 0 Å². The van der Waals surface area contributed by atoms with Crippen LogP contribution in [0.2, 0.25) is 0 Å². The van der Waals surface area contributed by atoms with Crippen molar-refractivity contribution in [1.82, 2.24) is 0 Å². The lowest BCUT2D eigenvalue weighted by Gasteiger charge is -2.10. The second-order valence-electron chi connectivity index (χ2n) is 3.80. The Labute approximate surface area is 86.1 Å². The van der Waals surface area contributed by atoms with E-state index in [1.54, 1.807) is 0 Å². The van der Waals surface area contributed by atoms with Gasteiger partial charge in [0.25, 0.3) is 0 Å². The van der Waals surface area contributed by atoms with E-state index in [9.17, 15) is 13.2 Å². The summed E-state index contributed by atoms with van der Waals surface area (Å²) in [5, 5.41) is 0. The standard InChI is InChI=1S/C12H9F3/c1-2-11(7-8-11)9-3-5-10(6-4-9)12(13,14)15/h1,3-6H,7-8H2. The molecular formula is C12H9F3. The zero-order valence-electron chi connectivity index (χ0n) is 7.93. The highest BCUT2D eigenvalue weighted by Gasteiger charge is 2.42. The zero-order valence-corrected chi connectivity index (χ0v) is 7.93. The first-order chi connectivity index (χ1) is 6.98. The Morgan fingerprint density at radius 1 is 1.13 bits per heavy atom. The summed E-state index contributed by atoms with van der Waals surface area (Å²) in [5.41, 5.74) is -0.0958. The fraction of sp³-hybridized carbons (Fsp3) is 0.333. The van der Waals surface area contributed by atoms with Gasteiger partial charge in [-0.05, 0) is 30.5 Å². The molecule has 0 aliphatic heterocycles. The van der Waals surface area contributed by atoms with Gasteiger partial charge in [0.2, 0.25) is 0 Å². The highest BCUT2D eigenvalue weighted by molar-refractivity contribution is 5.41. The summed E-state index contributed by atoms with van der Waals surface area (Å²) < 4.78 is 36.8. The van der Waals surface area contributed by atoms with Gasteiger partial charge in [-0.15, -0.1) is 6.42 Å². The summed E-state index contributed by atoms with van der Waals surface area (Å²) in [6, 6.07) is 5.14. The van der Waals surface area contributed by atoms with E-state index in [4.69, 9.17) is 6.42 Å². The van der Waals surface area contributed by atoms with Gasteiger partial charge < -0.3 is 0 Å². The van der Waals surface area contributed by atoms with Gasteiger partial charge in [-0.25, -0.2) is 0 Å². The van der Waals surface area contributed by atoms with Gasteiger partial charge in [0.1, 0.15) is 0 Å². The fourth-order valence-electron chi connectivity index (χ4n) is 1.62. The van der Waals surface area contributed by atoms with E-state index in [1.807, 2.05) is 0 Å². The third kappa shape index (κ3) is 1.72. The Hall–Kier alpha value is -1.43. The summed E-state index contributed by atoms with van der Waals surface area (Å²) in [6.45, 7) is 0. The van der Waals surface area contributed by atoms with Crippen LogP contribution >= 0.6 is 0 Å². The Morgan fingerprint density at radius 3 is 2.00 bits per heavy atom. The highest BCUT2D eigenvalue weighted by Crippen LogP contribution is 2.47. The SMILES string of the molecule is C#CC1(c2ccc(C(F)(F)F)cc2)CC1. The maximum Gasteiger partial charge on any atom is 0.416 e. The molecule has 0 bridgehead atoms. The lowest BCUT2D eigenvalue weighted by atomic mass is 9.96. The van der Waals surface area contributed by atoms with Crippen LogP contribution in [0.5, 0.6) is 0 Å². The molecule has 1 aliphatic rings. The van der Waals surface area contributed by atoms with Crippen molar-refractivity contribution in [2.45, 2.75) is 24.4 Å². The third-order valence-corrected chi connectivity index (χ3v) is 2.79. The molecule has 15 heavy (non-hydrogen) atoms. The summed E-state index contributed by atoms with van der Waals surface area (Å²) >= 11 is 0. The summed E-state index contributed by atoms with van der Waals surface area (Å²) in [6.07, 6.45) is 2.82. The molecule has 0 nitrogen and oxygen atoms in total. The van der Waals surface area contributed by atoms with Gasteiger partial charge in [-0.1, -0.05) is 18.1 Å². The number of alkyl halides is 3. The van der Waals surface area contributed by atoms with Crippen molar-refractivity contribution in [3.8, 4) is 12.3 Å². The lowest BCUT2D eigenvalue weighted by Crippen LogP contribution is -2.07. The molecule has 0 radical (unpaired) electrons. The topological polar surface area (TPSA) is 0 Å². The number of terminal acetylenes is 1. The molecule has 1 fully saturated rings. The van der Waals surface area contributed by atoms with Gasteiger partial charge in [-0.2, -0.15) is 13.2 Å². The molecule has 0 atom stereocenters. The minimum atomic E-state index is -4.27. The normalized spacial score (nSPS) is 18.3. The third-order valence-electron chi connectivity index (χ3n) is 2.79. The molecule has 0 saturated heterocycles. The predicted molar refractivity (Wildman–Crippen MR) is 51.2 cm³/mol. The molecule has 0 N–H and O–H groups in total. The van der Waals surface area contributed by atoms with Crippen LogP contribution in [0.25, 0.3) is 0 Å². The first-order valence-electron chi connectivity index (χ1n) is 4.63. The van der Waals surface area contributed by atoms with E-state index in [0.717, 1.165) is 30.5 Å². The largest absolute Gasteiger partial charge is 0.416 e. The van der Waals surface area contributed by atoms with Crippen molar-refractivity contribution in [2.75, 3.05) is 0 Å². The number of rotatable bonds is 1. The smallest absolute Gasteiger partial charge is 0.166 e. The van der Waals surface area contributed by atoms with E-state index >= 15 is 0 Å².